The number of carboxylic acids is 4. The van der Waals surface area contributed by atoms with E-state index >= 15 is 0 Å². The molecule has 10 radical (unpaired) electrons. The highest BCUT2D eigenvalue weighted by atomic mass is 33.1. The van der Waals surface area contributed by atoms with Gasteiger partial charge in [0.25, 0.3) is 0 Å². The highest BCUT2D eigenvalue weighted by Crippen LogP contribution is 2.25. The highest BCUT2D eigenvalue weighted by molar-refractivity contribution is 8.76. The Balaban J connectivity index is 1.90. The number of hydrogen-bond donors (Lipinski definition) is 10. The zero-order chi connectivity index (χ0) is 50.5. The standard InChI is InChI=1S/C40H58N6O18S4/c47-33(11-9-29(39(55)56)41-13-17-67(59,60)19-15-63-23-27-5-1-2-6-27)45-31(37(53)43-21-35(49)50)25-65-66-26-32(38(54)44-22-36(51)52)46-34(48)12-10-30(40(57)58)42-14-18-68(61,62)20-16-64-24-28-7-3-4-8-28/h1-8,29-32,41-42H,9-26H2,(H,43,53)(H,44,54)(H,45,47)(H,46,48)(H,49,50)(H,51,52)(H,55,56)(H,57,58)/t29-,30-,31-,32-/m0/s1. The zero-order valence-corrected chi connectivity index (χ0v) is 40.1. The lowest BCUT2D eigenvalue weighted by atomic mass is 10.1. The quantitative estimate of drug-likeness (QED) is 0.0217. The Bertz CT molecular complexity index is 1730. The van der Waals surface area contributed by atoms with E-state index in [4.69, 9.17) is 19.7 Å². The number of carbonyl (C=O) groups excluding carboxylic acids is 4. The third-order valence-corrected chi connectivity index (χ3v) is 14.9. The highest BCUT2D eigenvalue weighted by Gasteiger charge is 2.28. The molecule has 0 aromatic rings. The van der Waals surface area contributed by atoms with Gasteiger partial charge in [0.1, 0.15) is 37.3 Å². The molecule has 0 bridgehead atoms. The second kappa shape index (κ2) is 32.9. The maximum absolute atomic E-state index is 12.9. The van der Waals surface area contributed by atoms with Crippen LogP contribution in [-0.2, 0) is 67.5 Å². The minimum atomic E-state index is -3.63. The fourth-order valence-electron chi connectivity index (χ4n) is 5.63. The average molecular weight is 1040 g/mol. The molecule has 380 valence electrons. The lowest BCUT2D eigenvalue weighted by Gasteiger charge is -2.20. The molecule has 2 aliphatic carbocycles. The molecular formula is C40H58N6O18S4. The monoisotopic (exact) mass is 1040 g/mol. The normalized spacial score (nSPS) is 16.3. The molecule has 0 unspecified atom stereocenters. The Morgan fingerprint density at radius 3 is 1.21 bits per heavy atom. The number of rotatable bonds is 39. The topological polar surface area (TPSA) is 376 Å². The summed E-state index contributed by atoms with van der Waals surface area (Å²) in [6.07, 6.45) is 12.9. The number of carbonyl (C=O) groups is 8. The van der Waals surface area contributed by atoms with Gasteiger partial charge < -0.3 is 61.8 Å². The summed E-state index contributed by atoms with van der Waals surface area (Å²) in [6, 6.07) is -5.53. The van der Waals surface area contributed by atoms with Gasteiger partial charge in [-0.3, -0.25) is 38.4 Å². The molecule has 10 N–H and O–H groups in total. The maximum atomic E-state index is 12.9. The van der Waals surface area contributed by atoms with E-state index in [-0.39, 0.29) is 75.4 Å². The van der Waals surface area contributed by atoms with E-state index in [0.29, 0.717) is 0 Å². The van der Waals surface area contributed by atoms with E-state index in [9.17, 15) is 65.4 Å². The molecule has 2 aliphatic rings. The third-order valence-electron chi connectivity index (χ3n) is 9.29. The molecule has 4 atom stereocenters. The van der Waals surface area contributed by atoms with Gasteiger partial charge in [0, 0.05) is 49.3 Å². The van der Waals surface area contributed by atoms with Crippen LogP contribution in [0.1, 0.15) is 25.7 Å². The van der Waals surface area contributed by atoms with Crippen LogP contribution >= 0.6 is 21.6 Å². The molecule has 2 fully saturated rings. The number of nitrogens with one attached hydrogen (secondary N) is 6. The van der Waals surface area contributed by atoms with Crippen molar-refractivity contribution in [2.45, 2.75) is 49.9 Å². The number of ether oxygens (including phenoxy) is 2. The van der Waals surface area contributed by atoms with Crippen LogP contribution in [0.5, 0.6) is 0 Å². The minimum absolute atomic E-state index is 0.0723. The van der Waals surface area contributed by atoms with E-state index < -0.39 is 129 Å². The van der Waals surface area contributed by atoms with Gasteiger partial charge in [0.15, 0.2) is 19.7 Å². The molecule has 2 saturated carbocycles. The second-order valence-electron chi connectivity index (χ2n) is 14.8. The van der Waals surface area contributed by atoms with Crippen LogP contribution in [0.15, 0.2) is 0 Å². The van der Waals surface area contributed by atoms with Crippen LogP contribution in [-0.4, -0.2) is 196 Å². The minimum Gasteiger partial charge on any atom is -0.480 e. The molecular weight excluding hydrogens is 981 g/mol. The summed E-state index contributed by atoms with van der Waals surface area (Å²) in [5.41, 5.74) is 0. The van der Waals surface area contributed by atoms with Crippen molar-refractivity contribution < 1.29 is 85.1 Å². The van der Waals surface area contributed by atoms with Gasteiger partial charge in [-0.2, -0.15) is 0 Å². The second-order valence-corrected chi connectivity index (χ2v) is 22.0. The van der Waals surface area contributed by atoms with Crippen molar-refractivity contribution in [3.63, 3.8) is 0 Å². The summed E-state index contributed by atoms with van der Waals surface area (Å²) in [6.45, 7) is -1.84. The lowest BCUT2D eigenvalue weighted by Crippen LogP contribution is -2.50. The van der Waals surface area contributed by atoms with Crippen LogP contribution in [0.25, 0.3) is 0 Å². The first-order valence-electron chi connectivity index (χ1n) is 20.9. The van der Waals surface area contributed by atoms with E-state index in [2.05, 4.69) is 31.9 Å². The van der Waals surface area contributed by atoms with Gasteiger partial charge in [-0.05, 0) is 64.2 Å². The van der Waals surface area contributed by atoms with Crippen molar-refractivity contribution in [2.75, 3.05) is 87.1 Å². The van der Waals surface area contributed by atoms with Gasteiger partial charge in [-0.1, -0.05) is 21.6 Å². The summed E-state index contributed by atoms with van der Waals surface area (Å²) in [5, 5.41) is 51.6. The number of sulfone groups is 2. The van der Waals surface area contributed by atoms with Gasteiger partial charge in [0.05, 0.1) is 49.4 Å². The van der Waals surface area contributed by atoms with Crippen molar-refractivity contribution in [3.8, 4) is 0 Å². The Morgan fingerprint density at radius 1 is 0.529 bits per heavy atom. The Labute approximate surface area is 404 Å². The molecule has 68 heavy (non-hydrogen) atoms. The average Bonchev–Trinajstić information content (AvgIpc) is 4.00. The Morgan fingerprint density at radius 2 is 0.882 bits per heavy atom. The van der Waals surface area contributed by atoms with Gasteiger partial charge in [0.2, 0.25) is 23.6 Å². The molecule has 24 nitrogen and oxygen atoms in total. The Kier molecular flexibility index (Phi) is 29.2. The molecule has 0 heterocycles. The Hall–Kier alpha value is -3.80. The van der Waals surface area contributed by atoms with Crippen molar-refractivity contribution in [1.82, 2.24) is 31.9 Å². The van der Waals surface area contributed by atoms with Crippen LogP contribution in [0.2, 0.25) is 0 Å². The van der Waals surface area contributed by atoms with Crippen LogP contribution in [0.4, 0.5) is 0 Å². The van der Waals surface area contributed by atoms with Gasteiger partial charge in [-0.25, -0.2) is 16.8 Å². The summed E-state index contributed by atoms with van der Waals surface area (Å²) < 4.78 is 60.5. The van der Waals surface area contributed by atoms with E-state index in [1.807, 2.05) is 51.4 Å². The van der Waals surface area contributed by atoms with Crippen LogP contribution in [0.3, 0.4) is 0 Å². The first-order chi connectivity index (χ1) is 32.2. The summed E-state index contributed by atoms with van der Waals surface area (Å²) in [5.74, 6) is -9.29. The van der Waals surface area contributed by atoms with E-state index in [0.717, 1.165) is 33.4 Å². The SMILES string of the molecule is O=C(O)CNC(=O)[C@H](CSSC[C@H](NC(=O)CC[C@H](NCCS(=O)(=O)CCOC[C]1[CH][CH][CH][CH]1)C(=O)O)C(=O)NCC(=O)O)NC(=O)CC[C@H](NCCS(=O)(=O)CCOC[C]1[CH][CH][CH][CH]1)C(=O)O. The van der Waals surface area contributed by atoms with E-state index in [1.165, 1.54) is 0 Å². The number of aliphatic carboxylic acids is 4. The summed E-state index contributed by atoms with van der Waals surface area (Å²) >= 11 is 0. The molecule has 28 heteroatoms. The van der Waals surface area contributed by atoms with Gasteiger partial charge in [-0.15, -0.1) is 0 Å². The molecule has 0 saturated heterocycles. The third kappa shape index (κ3) is 28.0. The number of hydrogen-bond acceptors (Lipinski definition) is 18. The van der Waals surface area contributed by atoms with Crippen molar-refractivity contribution in [3.05, 3.63) is 63.2 Å². The molecule has 4 amide bonds. The number of carboxylic acid groups (broad SMARTS) is 4. The van der Waals surface area contributed by atoms with Crippen LogP contribution < -0.4 is 31.9 Å². The van der Waals surface area contributed by atoms with Crippen molar-refractivity contribution in [1.29, 1.82) is 0 Å². The van der Waals surface area contributed by atoms with Crippen LogP contribution in [0, 0.1) is 63.2 Å². The van der Waals surface area contributed by atoms with E-state index in [1.54, 1.807) is 0 Å². The molecule has 0 aliphatic heterocycles. The zero-order valence-electron chi connectivity index (χ0n) is 36.8. The maximum Gasteiger partial charge on any atom is 0.322 e. The fraction of sp³-hybridized carbons (Fsp3) is 0.550. The fourth-order valence-corrected chi connectivity index (χ4v) is 9.97. The molecule has 0 spiro atoms. The first-order valence-corrected chi connectivity index (χ1v) is 27.0. The van der Waals surface area contributed by atoms with Crippen molar-refractivity contribution >= 4 is 88.8 Å². The molecule has 0 aromatic carbocycles. The largest absolute Gasteiger partial charge is 0.480 e. The predicted octanol–water partition coefficient (Wildman–Crippen LogP) is -2.94. The summed E-state index contributed by atoms with van der Waals surface area (Å²) in [4.78, 5) is 97.6. The lowest BCUT2D eigenvalue weighted by molar-refractivity contribution is -0.141. The predicted molar refractivity (Wildman–Crippen MR) is 247 cm³/mol. The molecule has 0 aromatic heterocycles. The van der Waals surface area contributed by atoms with Gasteiger partial charge >= 0.3 is 23.9 Å². The summed E-state index contributed by atoms with van der Waals surface area (Å²) in [7, 11) is -5.49. The number of amides is 4. The van der Waals surface area contributed by atoms with Crippen molar-refractivity contribution in [2.24, 2.45) is 0 Å². The first kappa shape index (κ1) is 60.3. The molecule has 2 rings (SSSR count). The smallest absolute Gasteiger partial charge is 0.322 e.